The summed E-state index contributed by atoms with van der Waals surface area (Å²) in [5.74, 6) is 0.333. The maximum Gasteiger partial charge on any atom is 0.312 e. The zero-order chi connectivity index (χ0) is 14.3. The standard InChI is InChI=1S/C12H14FN7/c1-7(2)20-6-14-9-10(17-12(13)18-11(9)20)16-8-4-15-19(3)5-8/h4-7H,1-3H3,(H,16,17,18). The highest BCUT2D eigenvalue weighted by Crippen LogP contribution is 2.24. The van der Waals surface area contributed by atoms with Crippen LogP contribution in [-0.4, -0.2) is 29.3 Å². The highest BCUT2D eigenvalue weighted by atomic mass is 19.1. The lowest BCUT2D eigenvalue weighted by atomic mass is 10.4. The van der Waals surface area contributed by atoms with Crippen molar-refractivity contribution in [3.63, 3.8) is 0 Å². The number of anilines is 2. The number of nitrogens with one attached hydrogen (secondary N) is 1. The van der Waals surface area contributed by atoms with Gasteiger partial charge in [0.2, 0.25) is 0 Å². The Balaban J connectivity index is 2.10. The van der Waals surface area contributed by atoms with Gasteiger partial charge in [-0.1, -0.05) is 0 Å². The zero-order valence-corrected chi connectivity index (χ0v) is 11.4. The average molecular weight is 275 g/mol. The molecule has 0 aromatic carbocycles. The Morgan fingerprint density at radius 1 is 1.30 bits per heavy atom. The van der Waals surface area contributed by atoms with Crippen molar-refractivity contribution < 1.29 is 4.39 Å². The third-order valence-electron chi connectivity index (χ3n) is 2.92. The molecule has 3 aromatic heterocycles. The van der Waals surface area contributed by atoms with Crippen LogP contribution in [0.4, 0.5) is 15.9 Å². The molecule has 8 heteroatoms. The lowest BCUT2D eigenvalue weighted by Crippen LogP contribution is -2.03. The monoisotopic (exact) mass is 275 g/mol. The van der Waals surface area contributed by atoms with E-state index in [0.29, 0.717) is 22.7 Å². The second-order valence-electron chi connectivity index (χ2n) is 4.79. The predicted molar refractivity (Wildman–Crippen MR) is 72.2 cm³/mol. The van der Waals surface area contributed by atoms with Crippen LogP contribution < -0.4 is 5.32 Å². The first-order chi connectivity index (χ1) is 9.54. The van der Waals surface area contributed by atoms with Gasteiger partial charge in [-0.25, -0.2) is 4.98 Å². The minimum absolute atomic E-state index is 0.139. The van der Waals surface area contributed by atoms with E-state index in [1.54, 1.807) is 35.0 Å². The first-order valence-electron chi connectivity index (χ1n) is 6.20. The van der Waals surface area contributed by atoms with Crippen molar-refractivity contribution >= 4 is 22.7 Å². The van der Waals surface area contributed by atoms with Crippen LogP contribution in [0.3, 0.4) is 0 Å². The highest BCUT2D eigenvalue weighted by molar-refractivity contribution is 5.85. The molecule has 104 valence electrons. The lowest BCUT2D eigenvalue weighted by Gasteiger charge is -2.08. The Hall–Kier alpha value is -2.51. The molecule has 7 nitrogen and oxygen atoms in total. The fourth-order valence-electron chi connectivity index (χ4n) is 1.98. The Bertz CT molecular complexity index is 758. The number of hydrogen-bond donors (Lipinski definition) is 1. The molecule has 0 radical (unpaired) electrons. The number of imidazole rings is 1. The molecular weight excluding hydrogens is 261 g/mol. The summed E-state index contributed by atoms with van der Waals surface area (Å²) in [7, 11) is 1.80. The van der Waals surface area contributed by atoms with Crippen molar-refractivity contribution in [1.82, 2.24) is 29.3 Å². The Kier molecular flexibility index (Phi) is 2.85. The van der Waals surface area contributed by atoms with Gasteiger partial charge in [0, 0.05) is 19.3 Å². The van der Waals surface area contributed by atoms with Crippen molar-refractivity contribution in [2.24, 2.45) is 7.05 Å². The molecule has 0 bridgehead atoms. The second kappa shape index (κ2) is 4.55. The summed E-state index contributed by atoms with van der Waals surface area (Å²) >= 11 is 0. The first kappa shape index (κ1) is 12.5. The molecule has 0 unspecified atom stereocenters. The predicted octanol–water partition coefficient (Wildman–Crippen LogP) is 2.02. The number of halogens is 1. The number of aromatic nitrogens is 6. The van der Waals surface area contributed by atoms with Crippen molar-refractivity contribution in [3.05, 3.63) is 24.8 Å². The molecular formula is C12H14FN7. The molecule has 0 fully saturated rings. The van der Waals surface area contributed by atoms with Gasteiger partial charge in [0.25, 0.3) is 0 Å². The van der Waals surface area contributed by atoms with Gasteiger partial charge in [0.15, 0.2) is 17.0 Å². The molecule has 0 saturated carbocycles. The average Bonchev–Trinajstić information content (AvgIpc) is 2.95. The fraction of sp³-hybridized carbons (Fsp3) is 0.333. The molecule has 0 atom stereocenters. The minimum Gasteiger partial charge on any atom is -0.336 e. The Morgan fingerprint density at radius 2 is 2.10 bits per heavy atom. The Morgan fingerprint density at radius 3 is 2.75 bits per heavy atom. The van der Waals surface area contributed by atoms with Gasteiger partial charge < -0.3 is 9.88 Å². The van der Waals surface area contributed by atoms with Crippen molar-refractivity contribution in [1.29, 1.82) is 0 Å². The number of nitrogens with zero attached hydrogens (tertiary/aromatic N) is 6. The normalized spacial score (nSPS) is 11.4. The zero-order valence-electron chi connectivity index (χ0n) is 11.4. The maximum atomic E-state index is 13.6. The van der Waals surface area contributed by atoms with Gasteiger partial charge in [-0.05, 0) is 13.8 Å². The molecule has 3 aromatic rings. The van der Waals surface area contributed by atoms with E-state index in [1.165, 1.54) is 0 Å². The van der Waals surface area contributed by atoms with E-state index in [-0.39, 0.29) is 6.04 Å². The second-order valence-corrected chi connectivity index (χ2v) is 4.79. The number of aryl methyl sites for hydroxylation is 1. The molecule has 20 heavy (non-hydrogen) atoms. The van der Waals surface area contributed by atoms with Crippen LogP contribution in [0.5, 0.6) is 0 Å². The molecule has 0 amide bonds. The van der Waals surface area contributed by atoms with E-state index in [4.69, 9.17) is 0 Å². The Labute approximate surface area is 114 Å². The molecule has 3 rings (SSSR count). The van der Waals surface area contributed by atoms with E-state index >= 15 is 0 Å². The molecule has 0 spiro atoms. The lowest BCUT2D eigenvalue weighted by molar-refractivity contribution is 0.538. The summed E-state index contributed by atoms with van der Waals surface area (Å²) in [6.45, 7) is 3.96. The SMILES string of the molecule is CC(C)n1cnc2c(Nc3cnn(C)c3)nc(F)nc21. The van der Waals surface area contributed by atoms with Crippen molar-refractivity contribution in [3.8, 4) is 0 Å². The van der Waals surface area contributed by atoms with E-state index in [1.807, 2.05) is 13.8 Å². The third-order valence-corrected chi connectivity index (χ3v) is 2.92. The van der Waals surface area contributed by atoms with Gasteiger partial charge in [-0.3, -0.25) is 4.68 Å². The molecule has 3 heterocycles. The summed E-state index contributed by atoms with van der Waals surface area (Å²) in [6.07, 6.45) is 4.25. The molecule has 0 saturated heterocycles. The summed E-state index contributed by atoms with van der Waals surface area (Å²) in [6, 6.07) is 0.139. The molecule has 1 N–H and O–H groups in total. The van der Waals surface area contributed by atoms with Crippen LogP contribution in [0, 0.1) is 6.08 Å². The highest BCUT2D eigenvalue weighted by Gasteiger charge is 2.15. The molecule has 0 aliphatic rings. The summed E-state index contributed by atoms with van der Waals surface area (Å²) in [4.78, 5) is 11.9. The maximum absolute atomic E-state index is 13.6. The van der Waals surface area contributed by atoms with Crippen LogP contribution in [-0.2, 0) is 7.05 Å². The molecule has 0 aliphatic carbocycles. The van der Waals surface area contributed by atoms with Gasteiger partial charge in [-0.2, -0.15) is 19.5 Å². The van der Waals surface area contributed by atoms with Crippen molar-refractivity contribution in [2.45, 2.75) is 19.9 Å². The van der Waals surface area contributed by atoms with Gasteiger partial charge >= 0.3 is 6.08 Å². The van der Waals surface area contributed by atoms with E-state index in [9.17, 15) is 4.39 Å². The van der Waals surface area contributed by atoms with E-state index in [2.05, 4.69) is 25.4 Å². The van der Waals surface area contributed by atoms with Gasteiger partial charge in [0.1, 0.15) is 0 Å². The largest absolute Gasteiger partial charge is 0.336 e. The topological polar surface area (TPSA) is 73.5 Å². The number of rotatable bonds is 3. The smallest absolute Gasteiger partial charge is 0.312 e. The van der Waals surface area contributed by atoms with Gasteiger partial charge in [0.05, 0.1) is 18.2 Å². The summed E-state index contributed by atoms with van der Waals surface area (Å²) in [5.41, 5.74) is 1.72. The van der Waals surface area contributed by atoms with Gasteiger partial charge in [-0.15, -0.1) is 0 Å². The first-order valence-corrected chi connectivity index (χ1v) is 6.20. The van der Waals surface area contributed by atoms with E-state index < -0.39 is 6.08 Å². The fourth-order valence-corrected chi connectivity index (χ4v) is 1.98. The summed E-state index contributed by atoms with van der Waals surface area (Å²) < 4.78 is 17.0. The van der Waals surface area contributed by atoms with Crippen LogP contribution in [0.2, 0.25) is 0 Å². The van der Waals surface area contributed by atoms with Crippen LogP contribution >= 0.6 is 0 Å². The van der Waals surface area contributed by atoms with E-state index in [0.717, 1.165) is 0 Å². The quantitative estimate of drug-likeness (QED) is 0.740. The number of fused-ring (bicyclic) bond motifs is 1. The minimum atomic E-state index is -0.786. The van der Waals surface area contributed by atoms with Crippen molar-refractivity contribution in [2.75, 3.05) is 5.32 Å². The molecule has 0 aliphatic heterocycles. The van der Waals surface area contributed by atoms with Crippen LogP contribution in [0.15, 0.2) is 18.7 Å². The number of hydrogen-bond acceptors (Lipinski definition) is 5. The summed E-state index contributed by atoms with van der Waals surface area (Å²) in [5, 5.41) is 7.05. The van der Waals surface area contributed by atoms with Crippen LogP contribution in [0.25, 0.3) is 11.2 Å². The van der Waals surface area contributed by atoms with Crippen LogP contribution in [0.1, 0.15) is 19.9 Å². The third kappa shape index (κ3) is 2.09.